The number of rotatable bonds is 9. The predicted molar refractivity (Wildman–Crippen MR) is 78.0 cm³/mol. The average Bonchev–Trinajstić information content (AvgIpc) is 2.20. The molecule has 0 aliphatic rings. The molecule has 0 aliphatic carbocycles. The first kappa shape index (κ1) is 23.9. The van der Waals surface area contributed by atoms with Crippen molar-refractivity contribution in [3.05, 3.63) is 6.92 Å². The van der Waals surface area contributed by atoms with Crippen molar-refractivity contribution in [3.8, 4) is 0 Å². The van der Waals surface area contributed by atoms with Crippen LogP contribution in [0.4, 0.5) is 0 Å². The van der Waals surface area contributed by atoms with E-state index in [4.69, 9.17) is 13.3 Å². The molecule has 0 bridgehead atoms. The summed E-state index contributed by atoms with van der Waals surface area (Å²) >= 11 is 3.47. The summed E-state index contributed by atoms with van der Waals surface area (Å²) < 4.78 is 24.0. The maximum atomic E-state index is 9.11. The van der Waals surface area contributed by atoms with Crippen LogP contribution in [0.3, 0.4) is 0 Å². The topological polar surface area (TPSA) is 57.5 Å². The van der Waals surface area contributed by atoms with Crippen molar-refractivity contribution < 1.29 is 32.2 Å². The van der Waals surface area contributed by atoms with E-state index in [1.165, 1.54) is 57.8 Å². The molecule has 0 radical (unpaired) electrons. The van der Waals surface area contributed by atoms with Crippen molar-refractivity contribution >= 4 is 20.2 Å². The molecule has 0 spiro atoms. The monoisotopic (exact) mass is 290 g/mol. The molecule has 106 valence electrons. The van der Waals surface area contributed by atoms with Crippen LogP contribution >= 0.6 is 0 Å². The van der Waals surface area contributed by atoms with Crippen LogP contribution in [-0.2, 0) is 20.2 Å². The molecule has 18 heavy (non-hydrogen) atoms. The molecule has 2 N–H and O–H groups in total. The zero-order valence-electron chi connectivity index (χ0n) is 11.9. The molecule has 6 heteroatoms. The Hall–Kier alpha value is 0.887. The molecule has 3 nitrogen and oxygen atoms in total. The summed E-state index contributed by atoms with van der Waals surface area (Å²) in [5.74, 6) is 0. The van der Waals surface area contributed by atoms with Crippen molar-refractivity contribution in [2.45, 2.75) is 71.1 Å². The minimum absolute atomic E-state index is 0. The fourth-order valence-corrected chi connectivity index (χ4v) is 1.49. The minimum Gasteiger partial charge on any atom is -0.343 e. The maximum Gasteiger partial charge on any atom is 1.00 e. The van der Waals surface area contributed by atoms with E-state index >= 15 is 0 Å². The molecule has 0 fully saturated rings. The van der Waals surface area contributed by atoms with Crippen molar-refractivity contribution in [1.29, 1.82) is 0 Å². The van der Waals surface area contributed by atoms with E-state index in [1.807, 2.05) is 0 Å². The van der Waals surface area contributed by atoms with Gasteiger partial charge >= 0.3 is 18.9 Å². The fourth-order valence-electron chi connectivity index (χ4n) is 1.49. The summed E-state index contributed by atoms with van der Waals surface area (Å²) in [4.78, 5) is 0. The third kappa shape index (κ3) is 43.6. The number of unbranched alkanes of at least 4 members (excludes halogenated alkanes) is 9. The van der Waals surface area contributed by atoms with Crippen molar-refractivity contribution in [2.75, 3.05) is 0 Å². The summed E-state index contributed by atoms with van der Waals surface area (Å²) in [5, 5.41) is 0. The van der Waals surface area contributed by atoms with E-state index < -0.39 is 9.05 Å². The Morgan fingerprint density at radius 1 is 0.944 bits per heavy atom. The van der Waals surface area contributed by atoms with Crippen LogP contribution in [0, 0.1) is 6.92 Å². The van der Waals surface area contributed by atoms with Gasteiger partial charge in [-0.2, -0.15) is 10.6 Å². The Labute approximate surface area is 130 Å². The summed E-state index contributed by atoms with van der Waals surface area (Å²) in [6.45, 7) is 6.12. The zero-order chi connectivity index (χ0) is 13.6. The largest absolute Gasteiger partial charge is 1.00 e. The molecule has 0 aromatic carbocycles. The van der Waals surface area contributed by atoms with Gasteiger partial charge in [0.25, 0.3) is 9.05 Å². The summed E-state index contributed by atoms with van der Waals surface area (Å²) in [5.41, 5.74) is 0. The van der Waals surface area contributed by atoms with E-state index in [1.54, 1.807) is 0 Å². The molecule has 0 amide bonds. The maximum absolute atomic E-state index is 9.11. The zero-order valence-corrected chi connectivity index (χ0v) is 13.5. The Balaban J connectivity index is -0.000000321. The van der Waals surface area contributed by atoms with Gasteiger partial charge in [0.15, 0.2) is 0 Å². The molecular formula is C12H27LiO3S2. The first-order valence-electron chi connectivity index (χ1n) is 6.41. The quantitative estimate of drug-likeness (QED) is 0.383. The van der Waals surface area contributed by atoms with Gasteiger partial charge in [0.2, 0.25) is 0 Å². The van der Waals surface area contributed by atoms with E-state index in [2.05, 4.69) is 25.0 Å². The van der Waals surface area contributed by atoms with Crippen molar-refractivity contribution in [2.24, 2.45) is 0 Å². The molecule has 0 unspecified atom stereocenters. The van der Waals surface area contributed by atoms with E-state index in [9.17, 15) is 0 Å². The second-order valence-electron chi connectivity index (χ2n) is 4.13. The van der Waals surface area contributed by atoms with Crippen LogP contribution in [0.15, 0.2) is 0 Å². The first-order valence-corrected chi connectivity index (χ1v) is 8.80. The normalized spacial score (nSPS) is 10.2. The Kier molecular flexibility index (Phi) is 23.8. The molecule has 0 aromatic heterocycles. The predicted octanol–water partition coefficient (Wildman–Crippen LogP) is 1.42. The van der Waals surface area contributed by atoms with Gasteiger partial charge in [-0.25, -0.2) is 0 Å². The SMILES string of the molecule is O=S(O)(O)=S.[CH2-]CCCCCCCCCCC.[Li+]. The van der Waals surface area contributed by atoms with Gasteiger partial charge in [0.1, 0.15) is 0 Å². The molecule has 0 aliphatic heterocycles. The van der Waals surface area contributed by atoms with Crippen LogP contribution in [0.1, 0.15) is 71.1 Å². The number of hydrogen-bond donors (Lipinski definition) is 2. The first-order chi connectivity index (χ1) is 7.91. The molecule has 0 aromatic rings. The second kappa shape index (κ2) is 17.9. The van der Waals surface area contributed by atoms with Crippen LogP contribution in [-0.4, -0.2) is 13.3 Å². The van der Waals surface area contributed by atoms with Crippen LogP contribution in [0.25, 0.3) is 0 Å². The molecular weight excluding hydrogens is 263 g/mol. The third-order valence-electron chi connectivity index (χ3n) is 2.35. The second-order valence-corrected chi connectivity index (χ2v) is 6.33. The van der Waals surface area contributed by atoms with Gasteiger partial charge in [0.05, 0.1) is 0 Å². The van der Waals surface area contributed by atoms with Gasteiger partial charge in [-0.1, -0.05) is 64.7 Å². The Morgan fingerprint density at radius 3 is 1.50 bits per heavy atom. The van der Waals surface area contributed by atoms with Crippen LogP contribution in [0.5, 0.6) is 0 Å². The summed E-state index contributed by atoms with van der Waals surface area (Å²) in [6, 6.07) is 0. The van der Waals surface area contributed by atoms with Gasteiger partial charge < -0.3 is 6.92 Å². The van der Waals surface area contributed by atoms with Gasteiger partial charge in [-0.3, -0.25) is 9.11 Å². The van der Waals surface area contributed by atoms with E-state index in [0.29, 0.717) is 0 Å². The molecule has 0 saturated carbocycles. The standard InChI is InChI=1S/C12H25.Li.H2O3S2/c1-3-5-7-9-11-12-10-8-6-4-2;;1-5(2,3)4/h1,3-12H2,2H3;;(H2,1,2,3,4)/q-1;+1;. The van der Waals surface area contributed by atoms with Crippen molar-refractivity contribution in [3.63, 3.8) is 0 Å². The fraction of sp³-hybridized carbons (Fsp3) is 0.917. The molecule has 0 atom stereocenters. The average molecular weight is 290 g/mol. The molecule has 0 rings (SSSR count). The summed E-state index contributed by atoms with van der Waals surface area (Å²) in [7, 11) is -3.83. The van der Waals surface area contributed by atoms with Gasteiger partial charge in [-0.15, -0.1) is 0 Å². The Morgan fingerprint density at radius 2 is 1.22 bits per heavy atom. The van der Waals surface area contributed by atoms with Crippen molar-refractivity contribution in [1.82, 2.24) is 0 Å². The molecule has 0 heterocycles. The minimum atomic E-state index is -3.83. The summed E-state index contributed by atoms with van der Waals surface area (Å²) in [6.07, 6.45) is 13.9. The van der Waals surface area contributed by atoms with E-state index in [-0.39, 0.29) is 18.9 Å². The van der Waals surface area contributed by atoms with Gasteiger partial charge in [-0.05, 0) is 0 Å². The Bertz CT molecular complexity index is 213. The van der Waals surface area contributed by atoms with Gasteiger partial charge in [0, 0.05) is 11.2 Å². The van der Waals surface area contributed by atoms with Crippen LogP contribution in [0.2, 0.25) is 0 Å². The molecule has 0 saturated heterocycles. The van der Waals surface area contributed by atoms with Crippen LogP contribution < -0.4 is 18.9 Å². The van der Waals surface area contributed by atoms with E-state index in [0.717, 1.165) is 6.42 Å². The smallest absolute Gasteiger partial charge is 0.343 e. The number of hydrogen-bond acceptors (Lipinski definition) is 2. The third-order valence-corrected chi connectivity index (χ3v) is 2.35.